The van der Waals surface area contributed by atoms with Crippen molar-refractivity contribution in [2.45, 2.75) is 20.3 Å². The van der Waals surface area contributed by atoms with Crippen molar-refractivity contribution >= 4 is 56.1 Å². The Bertz CT molecular complexity index is 1490. The van der Waals surface area contributed by atoms with Gasteiger partial charge in [-0.3, -0.25) is 24.4 Å². The highest BCUT2D eigenvalue weighted by Crippen LogP contribution is 2.44. The molecule has 0 atom stereocenters. The third-order valence-corrected chi connectivity index (χ3v) is 7.21. The molecule has 0 saturated heterocycles. The Morgan fingerprint density at radius 1 is 1.26 bits per heavy atom. The van der Waals surface area contributed by atoms with Gasteiger partial charge in [0.15, 0.2) is 0 Å². The molecule has 0 fully saturated rings. The van der Waals surface area contributed by atoms with Crippen molar-refractivity contribution < 1.29 is 23.3 Å². The van der Waals surface area contributed by atoms with Crippen molar-refractivity contribution in [3.8, 4) is 10.4 Å². The van der Waals surface area contributed by atoms with Crippen LogP contribution in [0.2, 0.25) is 0 Å². The molecule has 2 amide bonds. The lowest BCUT2D eigenvalue weighted by molar-refractivity contribution is -0.385. The third-order valence-electron chi connectivity index (χ3n) is 5.07. The number of rotatable bonds is 6. The Morgan fingerprint density at radius 3 is 2.53 bits per heavy atom. The van der Waals surface area contributed by atoms with Crippen LogP contribution in [0.4, 0.5) is 20.2 Å². The van der Waals surface area contributed by atoms with E-state index in [1.54, 1.807) is 12.1 Å². The average molecular weight is 507 g/mol. The molecule has 4 aromatic heterocycles. The van der Waals surface area contributed by atoms with Gasteiger partial charge in [-0.05, 0) is 32.0 Å². The molecule has 0 aliphatic carbocycles. The van der Waals surface area contributed by atoms with E-state index in [9.17, 15) is 28.5 Å². The van der Waals surface area contributed by atoms with Gasteiger partial charge in [-0.25, -0.2) is 13.8 Å². The first-order valence-corrected chi connectivity index (χ1v) is 11.2. The molecule has 0 aliphatic heterocycles. The molecule has 4 rings (SSSR count). The van der Waals surface area contributed by atoms with E-state index in [4.69, 9.17) is 5.73 Å². The quantitative estimate of drug-likeness (QED) is 0.289. The van der Waals surface area contributed by atoms with Crippen molar-refractivity contribution in [1.82, 2.24) is 14.8 Å². The van der Waals surface area contributed by atoms with Gasteiger partial charge < -0.3 is 11.1 Å². The van der Waals surface area contributed by atoms with Crippen molar-refractivity contribution in [3.05, 3.63) is 55.1 Å². The first-order valence-electron chi connectivity index (χ1n) is 9.61. The van der Waals surface area contributed by atoms with E-state index in [1.165, 1.54) is 36.1 Å². The highest BCUT2D eigenvalue weighted by Gasteiger charge is 2.31. The van der Waals surface area contributed by atoms with Gasteiger partial charge in [0, 0.05) is 27.8 Å². The van der Waals surface area contributed by atoms with Gasteiger partial charge in [-0.15, -0.1) is 22.7 Å². The van der Waals surface area contributed by atoms with Crippen LogP contribution >= 0.6 is 22.7 Å². The lowest BCUT2D eigenvalue weighted by atomic mass is 10.1. The number of primary amides is 1. The molecule has 4 heterocycles. The predicted octanol–water partition coefficient (Wildman–Crippen LogP) is 4.57. The molecule has 0 spiro atoms. The number of hydrogen-bond donors (Lipinski definition) is 2. The second-order valence-corrected chi connectivity index (χ2v) is 9.56. The average Bonchev–Trinajstić information content (AvgIpc) is 3.43. The monoisotopic (exact) mass is 506 g/mol. The van der Waals surface area contributed by atoms with Crippen LogP contribution in [0, 0.1) is 24.0 Å². The molecule has 10 nitrogen and oxygen atoms in total. The summed E-state index contributed by atoms with van der Waals surface area (Å²) >= 11 is 2.07. The molecular formula is C20H16F2N6O4S2. The molecule has 176 valence electrons. The summed E-state index contributed by atoms with van der Waals surface area (Å²) in [5.74, 6) is -1.87. The van der Waals surface area contributed by atoms with E-state index in [-0.39, 0.29) is 26.5 Å². The lowest BCUT2D eigenvalue weighted by Crippen LogP contribution is -2.18. The number of aromatic nitrogens is 3. The van der Waals surface area contributed by atoms with E-state index in [0.29, 0.717) is 10.4 Å². The zero-order valence-electron chi connectivity index (χ0n) is 17.9. The summed E-state index contributed by atoms with van der Waals surface area (Å²) in [7, 11) is 1.45. The summed E-state index contributed by atoms with van der Waals surface area (Å²) in [5.41, 5.74) is 4.46. The number of fused-ring (bicyclic) bond motifs is 1. The number of nitro groups is 1. The molecule has 3 N–H and O–H groups in total. The van der Waals surface area contributed by atoms with Gasteiger partial charge in [-0.2, -0.15) is 5.10 Å². The van der Waals surface area contributed by atoms with Crippen LogP contribution < -0.4 is 11.1 Å². The predicted molar refractivity (Wildman–Crippen MR) is 124 cm³/mol. The van der Waals surface area contributed by atoms with Gasteiger partial charge in [0.1, 0.15) is 21.1 Å². The first kappa shape index (κ1) is 23.4. The Balaban J connectivity index is 1.96. The fourth-order valence-corrected chi connectivity index (χ4v) is 5.34. The number of nitrogens with zero attached hydrogens (tertiary/aromatic N) is 4. The molecule has 0 radical (unpaired) electrons. The number of pyridine rings is 1. The minimum atomic E-state index is -2.87. The Hall–Kier alpha value is -3.78. The minimum absolute atomic E-state index is 0.0645. The highest BCUT2D eigenvalue weighted by molar-refractivity contribution is 7.21. The number of hydrogen-bond acceptors (Lipinski definition) is 8. The largest absolute Gasteiger partial charge is 0.365 e. The number of thiophene rings is 2. The summed E-state index contributed by atoms with van der Waals surface area (Å²) in [4.78, 5) is 41.5. The summed E-state index contributed by atoms with van der Waals surface area (Å²) in [6.45, 7) is 3.28. The summed E-state index contributed by atoms with van der Waals surface area (Å²) in [6, 6.07) is 4.72. The van der Waals surface area contributed by atoms with Crippen LogP contribution in [0.1, 0.15) is 42.9 Å². The number of aryl methyl sites for hydroxylation is 2. The Kier molecular flexibility index (Phi) is 5.87. The molecule has 0 saturated carbocycles. The molecule has 0 aliphatic rings. The van der Waals surface area contributed by atoms with Crippen LogP contribution in [0.15, 0.2) is 18.2 Å². The lowest BCUT2D eigenvalue weighted by Gasteiger charge is -2.09. The molecule has 34 heavy (non-hydrogen) atoms. The van der Waals surface area contributed by atoms with Crippen molar-refractivity contribution in [3.63, 3.8) is 0 Å². The molecule has 14 heteroatoms. The van der Waals surface area contributed by atoms with E-state index in [2.05, 4.69) is 15.4 Å². The maximum Gasteiger partial charge on any atom is 0.322 e. The highest BCUT2D eigenvalue weighted by atomic mass is 32.1. The van der Waals surface area contributed by atoms with Gasteiger partial charge >= 0.3 is 5.69 Å². The van der Waals surface area contributed by atoms with Gasteiger partial charge in [0.25, 0.3) is 18.2 Å². The fraction of sp³-hybridized carbons (Fsp3) is 0.200. The number of amides is 2. The van der Waals surface area contributed by atoms with E-state index >= 15 is 0 Å². The fourth-order valence-electron chi connectivity index (χ4n) is 3.44. The van der Waals surface area contributed by atoms with Crippen molar-refractivity contribution in [2.24, 2.45) is 12.8 Å². The van der Waals surface area contributed by atoms with Gasteiger partial charge in [-0.1, -0.05) is 0 Å². The smallest absolute Gasteiger partial charge is 0.322 e. The standard InChI is InChI=1S/C20H16F2N6O4S2/c1-7-4-5-11(33-7)9-6-10(17(21)22)24-20-12(9)13(16(34-20)18(23)29)25-19(30)14-15(28(31)32)8(2)27(3)26-14/h4-6,17H,1-3H3,(H2,23,29)(H,25,30). The minimum Gasteiger partial charge on any atom is -0.365 e. The van der Waals surface area contributed by atoms with E-state index < -0.39 is 40.2 Å². The number of nitrogens with one attached hydrogen (secondary N) is 1. The third kappa shape index (κ3) is 3.90. The number of alkyl halides is 2. The molecule has 0 bridgehead atoms. The Labute approximate surface area is 198 Å². The number of halogens is 2. The molecule has 0 unspecified atom stereocenters. The number of carbonyl (C=O) groups is 2. The number of carbonyl (C=O) groups excluding carboxylic acids is 2. The summed E-state index contributed by atoms with van der Waals surface area (Å²) < 4.78 is 28.3. The Morgan fingerprint density at radius 2 is 1.97 bits per heavy atom. The first-order chi connectivity index (χ1) is 16.0. The number of anilines is 1. The SMILES string of the molecule is Cc1ccc(-c2cc(C(F)F)nc3sc(C(N)=O)c(NC(=O)c4nn(C)c(C)c4[N+](=O)[O-])c23)s1. The molecule has 4 aromatic rings. The summed E-state index contributed by atoms with van der Waals surface area (Å²) in [6.07, 6.45) is -2.87. The molecule has 0 aromatic carbocycles. The van der Waals surface area contributed by atoms with Crippen LogP contribution in [0.5, 0.6) is 0 Å². The molecular weight excluding hydrogens is 490 g/mol. The van der Waals surface area contributed by atoms with Gasteiger partial charge in [0.2, 0.25) is 5.69 Å². The van der Waals surface area contributed by atoms with E-state index in [0.717, 1.165) is 16.2 Å². The second-order valence-electron chi connectivity index (χ2n) is 7.27. The van der Waals surface area contributed by atoms with Crippen LogP contribution in [-0.4, -0.2) is 31.5 Å². The zero-order chi connectivity index (χ0) is 24.9. The van der Waals surface area contributed by atoms with Crippen LogP contribution in [0.25, 0.3) is 20.7 Å². The van der Waals surface area contributed by atoms with Crippen molar-refractivity contribution in [1.29, 1.82) is 0 Å². The van der Waals surface area contributed by atoms with Crippen LogP contribution in [-0.2, 0) is 7.05 Å². The second kappa shape index (κ2) is 8.53. The van der Waals surface area contributed by atoms with Crippen molar-refractivity contribution in [2.75, 3.05) is 5.32 Å². The van der Waals surface area contributed by atoms with E-state index in [1.807, 2.05) is 6.92 Å². The summed E-state index contributed by atoms with van der Waals surface area (Å²) in [5, 5.41) is 18.2. The maximum absolute atomic E-state index is 13.6. The zero-order valence-corrected chi connectivity index (χ0v) is 19.5. The normalized spacial score (nSPS) is 11.4. The number of nitrogens with two attached hydrogens (primary N) is 1. The van der Waals surface area contributed by atoms with Gasteiger partial charge in [0.05, 0.1) is 10.6 Å². The van der Waals surface area contributed by atoms with Crippen LogP contribution in [0.3, 0.4) is 0 Å². The maximum atomic E-state index is 13.6. The topological polar surface area (TPSA) is 146 Å².